The fourth-order valence-corrected chi connectivity index (χ4v) is 5.21. The van der Waals surface area contributed by atoms with Crippen molar-refractivity contribution >= 4 is 21.2 Å². The average Bonchev–Trinajstić information content (AvgIpc) is 2.93. The van der Waals surface area contributed by atoms with Crippen LogP contribution < -0.4 is 4.35 Å². The summed E-state index contributed by atoms with van der Waals surface area (Å²) in [6, 6.07) is 20.1. The van der Waals surface area contributed by atoms with E-state index in [1.807, 2.05) is 0 Å². The number of nitrogens with zero attached hydrogens (tertiary/aromatic N) is 1. The van der Waals surface area contributed by atoms with Crippen molar-refractivity contribution in [2.45, 2.75) is 25.2 Å². The molecule has 1 heterocycles. The van der Waals surface area contributed by atoms with Crippen LogP contribution in [0.2, 0.25) is 0 Å². The molecule has 0 aromatic heterocycles. The number of piperidine rings is 1. The Kier molecular flexibility index (Phi) is 4.11. The summed E-state index contributed by atoms with van der Waals surface area (Å²) in [4.78, 5) is 2.69. The van der Waals surface area contributed by atoms with Gasteiger partial charge in [-0.25, -0.2) is 0 Å². The van der Waals surface area contributed by atoms with Crippen molar-refractivity contribution in [2.75, 3.05) is 19.6 Å². The third-order valence-electron chi connectivity index (χ3n) is 6.12. The fraction of sp³-hybridized carbons (Fsp3) is 0.429. The predicted octanol–water partition coefficient (Wildman–Crippen LogP) is 2.40. The van der Waals surface area contributed by atoms with E-state index in [1.54, 1.807) is 22.4 Å². The van der Waals surface area contributed by atoms with Gasteiger partial charge in [0.05, 0.1) is 0 Å². The SMILES string of the molecule is CC1(c2cccc([AsH2])c2)C2CN(CCCc3ccccc3)CC21. The average molecular weight is 367 g/mol. The number of hydrogen-bond acceptors (Lipinski definition) is 1. The molecule has 0 spiro atoms. The minimum absolute atomic E-state index is 0.456. The van der Waals surface area contributed by atoms with Crippen LogP contribution in [0.15, 0.2) is 54.6 Å². The van der Waals surface area contributed by atoms with E-state index >= 15 is 0 Å². The third kappa shape index (κ3) is 2.90. The summed E-state index contributed by atoms with van der Waals surface area (Å²) < 4.78 is 1.46. The van der Waals surface area contributed by atoms with Gasteiger partial charge >= 0.3 is 130 Å². The summed E-state index contributed by atoms with van der Waals surface area (Å²) in [6.07, 6.45) is 2.50. The number of hydrogen-bond donors (Lipinski definition) is 0. The maximum absolute atomic E-state index is 2.69. The minimum atomic E-state index is 0.456. The van der Waals surface area contributed by atoms with Crippen LogP contribution in [0.25, 0.3) is 0 Å². The van der Waals surface area contributed by atoms with Gasteiger partial charge < -0.3 is 0 Å². The van der Waals surface area contributed by atoms with Gasteiger partial charge in [0.15, 0.2) is 0 Å². The van der Waals surface area contributed by atoms with E-state index in [9.17, 15) is 0 Å². The number of fused-ring (bicyclic) bond motifs is 1. The Bertz CT molecular complexity index is 669. The quantitative estimate of drug-likeness (QED) is 0.734. The Morgan fingerprint density at radius 2 is 1.78 bits per heavy atom. The normalized spacial score (nSPS) is 29.5. The second-order valence-electron chi connectivity index (χ2n) is 7.47. The number of aryl methyl sites for hydroxylation is 1. The van der Waals surface area contributed by atoms with Gasteiger partial charge in [0.2, 0.25) is 0 Å². The van der Waals surface area contributed by atoms with E-state index in [1.165, 1.54) is 42.4 Å². The molecule has 0 bridgehead atoms. The molecule has 0 N–H and O–H groups in total. The molecule has 1 aliphatic carbocycles. The molecule has 0 amide bonds. The molecule has 3 unspecified atom stereocenters. The van der Waals surface area contributed by atoms with E-state index in [2.05, 4.69) is 66.4 Å². The van der Waals surface area contributed by atoms with Crippen molar-refractivity contribution in [3.63, 3.8) is 0 Å². The van der Waals surface area contributed by atoms with Gasteiger partial charge in [0.25, 0.3) is 0 Å². The van der Waals surface area contributed by atoms with E-state index in [-0.39, 0.29) is 0 Å². The molecule has 23 heavy (non-hydrogen) atoms. The van der Waals surface area contributed by atoms with Crippen molar-refractivity contribution in [3.05, 3.63) is 65.7 Å². The number of benzene rings is 2. The van der Waals surface area contributed by atoms with Crippen LogP contribution in [0.5, 0.6) is 0 Å². The fourth-order valence-electron chi connectivity index (χ4n) is 4.60. The van der Waals surface area contributed by atoms with E-state index in [4.69, 9.17) is 0 Å². The summed E-state index contributed by atoms with van der Waals surface area (Å²) in [6.45, 7) is 6.35. The van der Waals surface area contributed by atoms with Crippen LogP contribution in [0.3, 0.4) is 0 Å². The summed E-state index contributed by atoms with van der Waals surface area (Å²) in [5, 5.41) is 0. The van der Waals surface area contributed by atoms with Gasteiger partial charge in [-0.2, -0.15) is 0 Å². The molecule has 1 aliphatic heterocycles. The Labute approximate surface area is 148 Å². The summed E-state index contributed by atoms with van der Waals surface area (Å²) in [7, 11) is 0. The van der Waals surface area contributed by atoms with Crippen molar-refractivity contribution in [2.24, 2.45) is 11.8 Å². The van der Waals surface area contributed by atoms with E-state index in [0.29, 0.717) is 5.41 Å². The number of rotatable bonds is 5. The summed E-state index contributed by atoms with van der Waals surface area (Å²) >= 11 is 1.74. The first-order valence-electron chi connectivity index (χ1n) is 8.80. The Hall–Kier alpha value is -1.04. The Morgan fingerprint density at radius 1 is 1.04 bits per heavy atom. The Morgan fingerprint density at radius 3 is 2.48 bits per heavy atom. The monoisotopic (exact) mass is 367 g/mol. The van der Waals surface area contributed by atoms with Crippen molar-refractivity contribution in [1.29, 1.82) is 0 Å². The third-order valence-corrected chi connectivity index (χ3v) is 6.87. The second-order valence-corrected chi connectivity index (χ2v) is 8.87. The molecule has 2 aromatic carbocycles. The summed E-state index contributed by atoms with van der Waals surface area (Å²) in [5.41, 5.74) is 3.51. The van der Waals surface area contributed by atoms with Crippen LogP contribution in [-0.4, -0.2) is 41.4 Å². The van der Waals surface area contributed by atoms with Crippen molar-refractivity contribution < 1.29 is 0 Å². The van der Waals surface area contributed by atoms with Crippen LogP contribution in [0.1, 0.15) is 24.5 Å². The first-order chi connectivity index (χ1) is 11.2. The Balaban J connectivity index is 1.30. The van der Waals surface area contributed by atoms with Crippen molar-refractivity contribution in [1.82, 2.24) is 4.90 Å². The van der Waals surface area contributed by atoms with Crippen LogP contribution in [0.4, 0.5) is 0 Å². The molecule has 1 saturated heterocycles. The van der Waals surface area contributed by atoms with Gasteiger partial charge in [-0.05, 0) is 0 Å². The standard InChI is InChI=1S/C21H26AsN/c1-21(17-10-5-11-18(22)13-17)19-14-23(15-20(19)21)12-6-9-16-7-3-2-4-8-16/h2-5,7-8,10-11,13,19-20H,6,9,12,14-15,22H2,1H3. The molecule has 2 heteroatoms. The van der Waals surface area contributed by atoms with Crippen LogP contribution >= 0.6 is 0 Å². The van der Waals surface area contributed by atoms with Crippen LogP contribution in [0, 0.1) is 11.8 Å². The molecule has 120 valence electrons. The first kappa shape index (κ1) is 15.5. The van der Waals surface area contributed by atoms with Gasteiger partial charge in [-0.1, -0.05) is 18.2 Å². The topological polar surface area (TPSA) is 3.24 Å². The van der Waals surface area contributed by atoms with Gasteiger partial charge in [-0.15, -0.1) is 0 Å². The number of likely N-dealkylation sites (tertiary alicyclic amines) is 1. The molecule has 0 radical (unpaired) electrons. The van der Waals surface area contributed by atoms with E-state index < -0.39 is 0 Å². The molecule has 2 fully saturated rings. The summed E-state index contributed by atoms with van der Waals surface area (Å²) in [5.74, 6) is 1.77. The zero-order valence-corrected chi connectivity index (χ0v) is 16.3. The predicted molar refractivity (Wildman–Crippen MR) is 100 cm³/mol. The first-order valence-corrected chi connectivity index (χ1v) is 10.0. The molecular weight excluding hydrogens is 341 g/mol. The molecule has 1 saturated carbocycles. The molecule has 4 rings (SSSR count). The van der Waals surface area contributed by atoms with Gasteiger partial charge in [0.1, 0.15) is 0 Å². The van der Waals surface area contributed by atoms with E-state index in [0.717, 1.165) is 11.8 Å². The zero-order chi connectivity index (χ0) is 15.9. The van der Waals surface area contributed by atoms with Crippen LogP contribution in [-0.2, 0) is 11.8 Å². The molecule has 1 nitrogen and oxygen atoms in total. The zero-order valence-electron chi connectivity index (χ0n) is 13.9. The molecule has 2 aromatic rings. The van der Waals surface area contributed by atoms with Crippen molar-refractivity contribution in [3.8, 4) is 0 Å². The van der Waals surface area contributed by atoms with Gasteiger partial charge in [-0.3, -0.25) is 0 Å². The second kappa shape index (κ2) is 6.11. The molecule has 3 atom stereocenters. The van der Waals surface area contributed by atoms with Gasteiger partial charge in [0, 0.05) is 0 Å². The maximum atomic E-state index is 2.69. The molecule has 2 aliphatic rings. The molecular formula is C21H26AsN.